The lowest BCUT2D eigenvalue weighted by Crippen LogP contribution is -2.41. The highest BCUT2D eigenvalue weighted by Crippen LogP contribution is 1.91. The van der Waals surface area contributed by atoms with E-state index >= 15 is 0 Å². The molecule has 7 nitrogen and oxygen atoms in total. The predicted octanol–water partition coefficient (Wildman–Crippen LogP) is -1.45. The van der Waals surface area contributed by atoms with Gasteiger partial charge in [-0.3, -0.25) is 9.59 Å². The maximum absolute atomic E-state index is 11.0. The van der Waals surface area contributed by atoms with Crippen LogP contribution in [0.1, 0.15) is 6.92 Å². The lowest BCUT2D eigenvalue weighted by molar-refractivity contribution is -0.139. The number of ether oxygens (including phenoxy) is 1. The summed E-state index contributed by atoms with van der Waals surface area (Å²) in [6.45, 7) is 1.15. The molecule has 0 aliphatic carbocycles. The number of sulfonamides is 1. The average molecular weight is 225 g/mol. The molecule has 0 spiro atoms. The molecule has 0 bridgehead atoms. The van der Waals surface area contributed by atoms with E-state index in [-0.39, 0.29) is 0 Å². The molecule has 14 heavy (non-hydrogen) atoms. The van der Waals surface area contributed by atoms with E-state index in [2.05, 4.69) is 4.74 Å². The molecule has 1 atom stereocenters. The van der Waals surface area contributed by atoms with Crippen LogP contribution < -0.4 is 4.72 Å². The predicted molar refractivity (Wildman–Crippen MR) is 46.0 cm³/mol. The maximum atomic E-state index is 11.0. The molecule has 0 aromatic carbocycles. The fraction of sp³-hybridized carbons (Fsp3) is 0.667. The van der Waals surface area contributed by atoms with E-state index in [0.717, 1.165) is 14.0 Å². The van der Waals surface area contributed by atoms with Crippen molar-refractivity contribution in [2.24, 2.45) is 0 Å². The summed E-state index contributed by atoms with van der Waals surface area (Å²) in [5.41, 5.74) is 0. The second-order valence-electron chi connectivity index (χ2n) is 2.51. The van der Waals surface area contributed by atoms with Gasteiger partial charge in [-0.2, -0.15) is 0 Å². The minimum absolute atomic E-state index is 0.888. The number of methoxy groups -OCH3 is 1. The van der Waals surface area contributed by atoms with Gasteiger partial charge in [0.1, 0.15) is 6.04 Å². The topological polar surface area (TPSA) is 110 Å². The maximum Gasteiger partial charge on any atom is 0.322 e. The molecule has 82 valence electrons. The minimum Gasteiger partial charge on any atom is -0.480 e. The number of hydrogen-bond acceptors (Lipinski definition) is 5. The monoisotopic (exact) mass is 225 g/mol. The zero-order valence-electron chi connectivity index (χ0n) is 7.68. The Morgan fingerprint density at radius 1 is 1.50 bits per heavy atom. The second-order valence-corrected chi connectivity index (χ2v) is 4.27. The summed E-state index contributed by atoms with van der Waals surface area (Å²) in [6, 6.07) is -1.27. The van der Waals surface area contributed by atoms with Crippen molar-refractivity contribution in [2.45, 2.75) is 13.0 Å². The van der Waals surface area contributed by atoms with Crippen molar-refractivity contribution in [2.75, 3.05) is 12.9 Å². The van der Waals surface area contributed by atoms with E-state index < -0.39 is 33.8 Å². The van der Waals surface area contributed by atoms with Crippen LogP contribution in [0.3, 0.4) is 0 Å². The van der Waals surface area contributed by atoms with Crippen molar-refractivity contribution < 1.29 is 27.9 Å². The number of rotatable bonds is 5. The number of carbonyl (C=O) groups excluding carboxylic acids is 1. The first kappa shape index (κ1) is 12.8. The SMILES string of the molecule is COC(=O)CS(=O)(=O)NC(C)C(=O)O. The summed E-state index contributed by atoms with van der Waals surface area (Å²) in [6.07, 6.45) is 0. The highest BCUT2D eigenvalue weighted by Gasteiger charge is 2.22. The fourth-order valence-electron chi connectivity index (χ4n) is 0.575. The average Bonchev–Trinajstić information content (AvgIpc) is 2.02. The van der Waals surface area contributed by atoms with Crippen LogP contribution in [0.5, 0.6) is 0 Å². The van der Waals surface area contributed by atoms with Gasteiger partial charge in [0.2, 0.25) is 10.0 Å². The standard InChI is InChI=1S/C6H11NO6S/c1-4(6(9)10)7-14(11,12)3-5(8)13-2/h4,7H,3H2,1-2H3,(H,9,10). The number of carboxylic acid groups (broad SMARTS) is 1. The lowest BCUT2D eigenvalue weighted by Gasteiger charge is -2.08. The van der Waals surface area contributed by atoms with Crippen molar-refractivity contribution in [3.05, 3.63) is 0 Å². The molecule has 0 rings (SSSR count). The number of hydrogen-bond donors (Lipinski definition) is 2. The van der Waals surface area contributed by atoms with Crippen molar-refractivity contribution in [3.8, 4) is 0 Å². The van der Waals surface area contributed by atoms with Crippen LogP contribution in [0.2, 0.25) is 0 Å². The third-order valence-corrected chi connectivity index (χ3v) is 2.59. The zero-order valence-corrected chi connectivity index (χ0v) is 8.50. The van der Waals surface area contributed by atoms with Crippen LogP contribution in [0, 0.1) is 0 Å². The molecule has 1 unspecified atom stereocenters. The Balaban J connectivity index is 4.36. The fourth-order valence-corrected chi connectivity index (χ4v) is 1.73. The molecule has 0 aromatic heterocycles. The molecule has 0 aliphatic rings. The molecule has 2 N–H and O–H groups in total. The third-order valence-electron chi connectivity index (χ3n) is 1.26. The Hall–Kier alpha value is -1.15. The first-order valence-corrected chi connectivity index (χ1v) is 5.23. The first-order chi connectivity index (χ1) is 6.28. The van der Waals surface area contributed by atoms with Crippen LogP contribution in [-0.2, 0) is 24.3 Å². The van der Waals surface area contributed by atoms with E-state index in [4.69, 9.17) is 5.11 Å². The summed E-state index contributed by atoms with van der Waals surface area (Å²) in [7, 11) is -2.90. The molecule has 0 radical (unpaired) electrons. The van der Waals surface area contributed by atoms with Gasteiger partial charge in [-0.05, 0) is 6.92 Å². The Labute approximate surface area is 81.1 Å². The highest BCUT2D eigenvalue weighted by atomic mass is 32.2. The molecule has 0 saturated heterocycles. The van der Waals surface area contributed by atoms with Gasteiger partial charge < -0.3 is 9.84 Å². The van der Waals surface area contributed by atoms with Gasteiger partial charge in [-0.1, -0.05) is 0 Å². The second kappa shape index (κ2) is 4.91. The van der Waals surface area contributed by atoms with Crippen LogP contribution in [-0.4, -0.2) is 44.4 Å². The van der Waals surface area contributed by atoms with Crippen molar-refractivity contribution >= 4 is 22.0 Å². The van der Waals surface area contributed by atoms with Crippen molar-refractivity contribution in [1.82, 2.24) is 4.72 Å². The number of nitrogens with one attached hydrogen (secondary N) is 1. The van der Waals surface area contributed by atoms with Gasteiger partial charge in [-0.15, -0.1) is 0 Å². The molecular weight excluding hydrogens is 214 g/mol. The summed E-state index contributed by atoms with van der Waals surface area (Å²) in [5, 5.41) is 8.39. The number of carbonyl (C=O) groups is 2. The summed E-state index contributed by atoms with van der Waals surface area (Å²) >= 11 is 0. The molecule has 0 aliphatic heterocycles. The summed E-state index contributed by atoms with van der Waals surface area (Å²) in [4.78, 5) is 20.9. The number of carboxylic acids is 1. The van der Waals surface area contributed by atoms with Crippen LogP contribution in [0.25, 0.3) is 0 Å². The van der Waals surface area contributed by atoms with Crippen molar-refractivity contribution in [1.29, 1.82) is 0 Å². The Bertz CT molecular complexity index is 321. The number of aliphatic carboxylic acids is 1. The van der Waals surface area contributed by atoms with Gasteiger partial charge in [0, 0.05) is 0 Å². The zero-order chi connectivity index (χ0) is 11.4. The number of esters is 1. The largest absolute Gasteiger partial charge is 0.480 e. The molecule has 0 aromatic rings. The summed E-state index contributed by atoms with van der Waals surface area (Å²) in [5.74, 6) is -3.16. The highest BCUT2D eigenvalue weighted by molar-refractivity contribution is 7.90. The Morgan fingerprint density at radius 3 is 2.36 bits per heavy atom. The van der Waals surface area contributed by atoms with E-state index in [0.29, 0.717) is 0 Å². The first-order valence-electron chi connectivity index (χ1n) is 3.58. The van der Waals surface area contributed by atoms with Crippen LogP contribution in [0.15, 0.2) is 0 Å². The van der Waals surface area contributed by atoms with E-state index in [9.17, 15) is 18.0 Å². The van der Waals surface area contributed by atoms with E-state index in [1.165, 1.54) is 0 Å². The molecule has 0 amide bonds. The van der Waals surface area contributed by atoms with Crippen LogP contribution in [0.4, 0.5) is 0 Å². The van der Waals surface area contributed by atoms with Gasteiger partial charge in [0.05, 0.1) is 7.11 Å². The quantitative estimate of drug-likeness (QED) is 0.554. The van der Waals surface area contributed by atoms with Gasteiger partial charge >= 0.3 is 11.9 Å². The molecular formula is C6H11NO6S. The van der Waals surface area contributed by atoms with Crippen molar-refractivity contribution in [3.63, 3.8) is 0 Å². The summed E-state index contributed by atoms with van der Waals surface area (Å²) < 4.78 is 28.0. The normalized spacial score (nSPS) is 13.3. The van der Waals surface area contributed by atoms with Gasteiger partial charge in [-0.25, -0.2) is 13.1 Å². The molecule has 0 saturated carbocycles. The molecule has 0 heterocycles. The molecule has 0 fully saturated rings. The van der Waals surface area contributed by atoms with Crippen LogP contribution >= 0.6 is 0 Å². The molecule has 8 heteroatoms. The lowest BCUT2D eigenvalue weighted by atomic mass is 10.4. The van der Waals surface area contributed by atoms with E-state index in [1.807, 2.05) is 0 Å². The minimum atomic E-state index is -3.94. The van der Waals surface area contributed by atoms with Gasteiger partial charge in [0.25, 0.3) is 0 Å². The Morgan fingerprint density at radius 2 is 2.00 bits per heavy atom. The Kier molecular flexibility index (Phi) is 4.51. The van der Waals surface area contributed by atoms with E-state index in [1.54, 1.807) is 4.72 Å². The van der Waals surface area contributed by atoms with Gasteiger partial charge in [0.15, 0.2) is 5.75 Å². The smallest absolute Gasteiger partial charge is 0.322 e. The third kappa shape index (κ3) is 4.77.